The first kappa shape index (κ1) is 16.7. The van der Waals surface area contributed by atoms with Gasteiger partial charge in [-0.1, -0.05) is 31.0 Å². The molecule has 1 fully saturated rings. The molecule has 5 rings (SSSR count). The molecule has 1 saturated carbocycles. The van der Waals surface area contributed by atoms with E-state index in [1.807, 2.05) is 54.6 Å². The molecule has 0 unspecified atom stereocenters. The second-order valence-electron chi connectivity index (χ2n) is 7.08. The van der Waals surface area contributed by atoms with E-state index in [1.54, 1.807) is 6.33 Å². The predicted octanol–water partition coefficient (Wildman–Crippen LogP) is 5.17. The van der Waals surface area contributed by atoms with Crippen molar-refractivity contribution in [2.24, 2.45) is 0 Å². The Kier molecular flexibility index (Phi) is 4.37. The van der Waals surface area contributed by atoms with Gasteiger partial charge in [0.1, 0.15) is 23.6 Å². The van der Waals surface area contributed by atoms with Gasteiger partial charge in [0.2, 0.25) is 0 Å². The van der Waals surface area contributed by atoms with Gasteiger partial charge < -0.3 is 10.1 Å². The fourth-order valence-corrected chi connectivity index (χ4v) is 3.75. The Morgan fingerprint density at radius 3 is 2.43 bits per heavy atom. The number of fused-ring (bicyclic) bond motifs is 1. The topological polar surface area (TPSA) is 75.7 Å². The Morgan fingerprint density at radius 1 is 0.893 bits per heavy atom. The summed E-state index contributed by atoms with van der Waals surface area (Å²) in [5.41, 5.74) is 2.62. The van der Waals surface area contributed by atoms with Gasteiger partial charge in [-0.2, -0.15) is 5.10 Å². The Labute approximate surface area is 163 Å². The third kappa shape index (κ3) is 3.29. The van der Waals surface area contributed by atoms with Crippen molar-refractivity contribution in [2.75, 3.05) is 5.32 Å². The first-order valence-corrected chi connectivity index (χ1v) is 9.66. The number of H-pyrrole nitrogens is 1. The van der Waals surface area contributed by atoms with E-state index in [2.05, 4.69) is 25.5 Å². The standard InChI is InChI=1S/C22H21N5O/c1-2-8-17(9-3-1)28-18-12-10-15(11-13-18)20-19-21(25-16-6-4-5-7-16)23-14-24-22(19)27-26-20/h1-3,8-14,16H,4-7H2,(H2,23,24,25,26,27). The fraction of sp³-hybridized carbons (Fsp3) is 0.227. The van der Waals surface area contributed by atoms with Gasteiger partial charge in [0.25, 0.3) is 0 Å². The lowest BCUT2D eigenvalue weighted by atomic mass is 10.1. The molecular formula is C22H21N5O. The molecule has 6 nitrogen and oxygen atoms in total. The summed E-state index contributed by atoms with van der Waals surface area (Å²) in [7, 11) is 0. The highest BCUT2D eigenvalue weighted by molar-refractivity contribution is 5.98. The van der Waals surface area contributed by atoms with E-state index in [9.17, 15) is 0 Å². The molecule has 28 heavy (non-hydrogen) atoms. The molecule has 2 aromatic carbocycles. The number of nitrogens with one attached hydrogen (secondary N) is 2. The largest absolute Gasteiger partial charge is 0.457 e. The highest BCUT2D eigenvalue weighted by Gasteiger charge is 2.19. The van der Waals surface area contributed by atoms with E-state index in [4.69, 9.17) is 4.74 Å². The summed E-state index contributed by atoms with van der Waals surface area (Å²) < 4.78 is 5.89. The summed E-state index contributed by atoms with van der Waals surface area (Å²) in [6, 6.07) is 18.2. The Morgan fingerprint density at radius 2 is 1.64 bits per heavy atom. The Hall–Kier alpha value is -3.41. The van der Waals surface area contributed by atoms with Crippen molar-refractivity contribution in [3.05, 3.63) is 60.9 Å². The van der Waals surface area contributed by atoms with E-state index in [-0.39, 0.29) is 0 Å². The average molecular weight is 371 g/mol. The first-order valence-electron chi connectivity index (χ1n) is 9.66. The maximum atomic E-state index is 5.89. The van der Waals surface area contributed by atoms with Gasteiger partial charge in [-0.3, -0.25) is 5.10 Å². The van der Waals surface area contributed by atoms with Crippen LogP contribution in [-0.4, -0.2) is 26.2 Å². The quantitative estimate of drug-likeness (QED) is 0.506. The molecule has 1 aliphatic rings. The third-order valence-electron chi connectivity index (χ3n) is 5.17. The van der Waals surface area contributed by atoms with Crippen LogP contribution < -0.4 is 10.1 Å². The number of ether oxygens (including phenoxy) is 1. The van der Waals surface area contributed by atoms with Crippen LogP contribution in [0.1, 0.15) is 25.7 Å². The van der Waals surface area contributed by atoms with Crippen LogP contribution in [0.25, 0.3) is 22.3 Å². The van der Waals surface area contributed by atoms with Crippen LogP contribution in [0.3, 0.4) is 0 Å². The molecule has 0 radical (unpaired) electrons. The van der Waals surface area contributed by atoms with E-state index in [0.717, 1.165) is 34.0 Å². The highest BCUT2D eigenvalue weighted by Crippen LogP contribution is 2.33. The lowest BCUT2D eigenvalue weighted by molar-refractivity contribution is 0.483. The molecule has 1 aliphatic carbocycles. The summed E-state index contributed by atoms with van der Waals surface area (Å²) >= 11 is 0. The first-order chi connectivity index (χ1) is 13.9. The lowest BCUT2D eigenvalue weighted by Gasteiger charge is -2.13. The summed E-state index contributed by atoms with van der Waals surface area (Å²) in [6.07, 6.45) is 6.48. The van der Waals surface area contributed by atoms with Gasteiger partial charge in [-0.05, 0) is 49.2 Å². The molecule has 4 aromatic rings. The number of benzene rings is 2. The molecule has 0 saturated heterocycles. The van der Waals surface area contributed by atoms with Crippen LogP contribution >= 0.6 is 0 Å². The van der Waals surface area contributed by atoms with Crippen LogP contribution in [0, 0.1) is 0 Å². The molecule has 2 aromatic heterocycles. The minimum atomic E-state index is 0.475. The number of rotatable bonds is 5. The molecular weight excluding hydrogens is 350 g/mol. The second kappa shape index (κ2) is 7.31. The third-order valence-corrected chi connectivity index (χ3v) is 5.17. The maximum absolute atomic E-state index is 5.89. The molecule has 2 heterocycles. The highest BCUT2D eigenvalue weighted by atomic mass is 16.5. The number of anilines is 1. The molecule has 0 spiro atoms. The monoisotopic (exact) mass is 371 g/mol. The predicted molar refractivity (Wildman–Crippen MR) is 110 cm³/mol. The van der Waals surface area contributed by atoms with Crippen molar-refractivity contribution in [2.45, 2.75) is 31.7 Å². The normalized spacial score (nSPS) is 14.4. The van der Waals surface area contributed by atoms with Gasteiger partial charge in [0, 0.05) is 11.6 Å². The zero-order valence-electron chi connectivity index (χ0n) is 15.4. The number of para-hydroxylation sites is 1. The molecule has 2 N–H and O–H groups in total. The summed E-state index contributed by atoms with van der Waals surface area (Å²) in [4.78, 5) is 8.81. The molecule has 6 heteroatoms. The van der Waals surface area contributed by atoms with Crippen molar-refractivity contribution < 1.29 is 4.74 Å². The van der Waals surface area contributed by atoms with Crippen molar-refractivity contribution in [1.29, 1.82) is 0 Å². The zero-order valence-corrected chi connectivity index (χ0v) is 15.4. The molecule has 140 valence electrons. The summed E-state index contributed by atoms with van der Waals surface area (Å²) in [5.74, 6) is 2.46. The Bertz CT molecular complexity index is 1070. The minimum absolute atomic E-state index is 0.475. The van der Waals surface area contributed by atoms with Crippen molar-refractivity contribution >= 4 is 16.9 Å². The van der Waals surface area contributed by atoms with Gasteiger partial charge in [-0.15, -0.1) is 0 Å². The molecule has 0 aliphatic heterocycles. The molecule has 0 atom stereocenters. The van der Waals surface area contributed by atoms with Crippen LogP contribution in [-0.2, 0) is 0 Å². The number of hydrogen-bond acceptors (Lipinski definition) is 5. The van der Waals surface area contributed by atoms with Gasteiger partial charge in [0.15, 0.2) is 5.65 Å². The van der Waals surface area contributed by atoms with E-state index >= 15 is 0 Å². The minimum Gasteiger partial charge on any atom is -0.457 e. The van der Waals surface area contributed by atoms with Crippen LogP contribution in [0.15, 0.2) is 60.9 Å². The number of aromatic nitrogens is 4. The molecule has 0 amide bonds. The van der Waals surface area contributed by atoms with E-state index < -0.39 is 0 Å². The van der Waals surface area contributed by atoms with Crippen LogP contribution in [0.4, 0.5) is 5.82 Å². The number of hydrogen-bond donors (Lipinski definition) is 2. The zero-order chi connectivity index (χ0) is 18.8. The summed E-state index contributed by atoms with van der Waals surface area (Å²) in [5, 5.41) is 12.0. The van der Waals surface area contributed by atoms with Crippen molar-refractivity contribution in [3.8, 4) is 22.8 Å². The second-order valence-corrected chi connectivity index (χ2v) is 7.08. The van der Waals surface area contributed by atoms with Gasteiger partial charge in [-0.25, -0.2) is 9.97 Å². The lowest BCUT2D eigenvalue weighted by Crippen LogP contribution is -2.15. The number of nitrogens with zero attached hydrogens (tertiary/aromatic N) is 3. The smallest absolute Gasteiger partial charge is 0.186 e. The SMILES string of the molecule is c1ccc(Oc2ccc(-c3[nH]nc4ncnc(NC5CCCC5)c34)cc2)cc1. The average Bonchev–Trinajstić information content (AvgIpc) is 3.40. The molecule has 0 bridgehead atoms. The van der Waals surface area contributed by atoms with Crippen LogP contribution in [0.5, 0.6) is 11.5 Å². The van der Waals surface area contributed by atoms with Gasteiger partial charge in [0.05, 0.1) is 11.1 Å². The van der Waals surface area contributed by atoms with Crippen molar-refractivity contribution in [3.63, 3.8) is 0 Å². The van der Waals surface area contributed by atoms with E-state index in [0.29, 0.717) is 11.7 Å². The summed E-state index contributed by atoms with van der Waals surface area (Å²) in [6.45, 7) is 0. The van der Waals surface area contributed by atoms with E-state index in [1.165, 1.54) is 25.7 Å². The van der Waals surface area contributed by atoms with Gasteiger partial charge >= 0.3 is 0 Å². The van der Waals surface area contributed by atoms with Crippen molar-refractivity contribution in [1.82, 2.24) is 20.2 Å². The Balaban J connectivity index is 1.45. The number of aromatic amines is 1. The fourth-order valence-electron chi connectivity index (χ4n) is 3.75. The van der Waals surface area contributed by atoms with Crippen LogP contribution in [0.2, 0.25) is 0 Å². The maximum Gasteiger partial charge on any atom is 0.186 e.